The summed E-state index contributed by atoms with van der Waals surface area (Å²) < 4.78 is 4.93. The SMILES string of the molecule is O=C(C=Cc1cc([N+](=O)[O-])ccc1Cl)c1ccco1. The van der Waals surface area contributed by atoms with Gasteiger partial charge >= 0.3 is 0 Å². The van der Waals surface area contributed by atoms with Crippen LogP contribution in [0.15, 0.2) is 47.1 Å². The summed E-state index contributed by atoms with van der Waals surface area (Å²) >= 11 is 5.90. The summed E-state index contributed by atoms with van der Waals surface area (Å²) in [5.41, 5.74) is 0.310. The van der Waals surface area contributed by atoms with Crippen molar-refractivity contribution in [3.05, 3.63) is 69.1 Å². The predicted molar refractivity (Wildman–Crippen MR) is 70.2 cm³/mol. The van der Waals surface area contributed by atoms with Crippen molar-refractivity contribution in [1.82, 2.24) is 0 Å². The van der Waals surface area contributed by atoms with E-state index in [0.717, 1.165) is 0 Å². The number of hydrogen-bond donors (Lipinski definition) is 0. The average molecular weight is 278 g/mol. The van der Waals surface area contributed by atoms with Gasteiger partial charge in [0.2, 0.25) is 5.78 Å². The minimum Gasteiger partial charge on any atom is -0.461 e. The first-order valence-corrected chi connectivity index (χ1v) is 5.65. The molecule has 0 amide bonds. The Morgan fingerprint density at radius 1 is 1.37 bits per heavy atom. The van der Waals surface area contributed by atoms with Crippen LogP contribution in [0.3, 0.4) is 0 Å². The van der Waals surface area contributed by atoms with E-state index in [9.17, 15) is 14.9 Å². The fourth-order valence-electron chi connectivity index (χ4n) is 1.44. The van der Waals surface area contributed by atoms with Crippen LogP contribution in [0.1, 0.15) is 16.1 Å². The molecule has 2 aromatic rings. The highest BCUT2D eigenvalue weighted by Crippen LogP contribution is 2.23. The molecule has 0 N–H and O–H groups in total. The first kappa shape index (κ1) is 13.0. The first-order valence-electron chi connectivity index (χ1n) is 5.28. The van der Waals surface area contributed by atoms with Gasteiger partial charge in [-0.05, 0) is 35.9 Å². The molecule has 0 atom stereocenters. The zero-order valence-electron chi connectivity index (χ0n) is 9.58. The number of furan rings is 1. The lowest BCUT2D eigenvalue weighted by Gasteiger charge is -1.98. The molecule has 1 aromatic heterocycles. The van der Waals surface area contributed by atoms with E-state index < -0.39 is 4.92 Å². The number of allylic oxidation sites excluding steroid dienone is 1. The fourth-order valence-corrected chi connectivity index (χ4v) is 1.62. The Bertz CT molecular complexity index is 647. The van der Waals surface area contributed by atoms with Gasteiger partial charge in [0.1, 0.15) is 0 Å². The quantitative estimate of drug-likeness (QED) is 0.369. The predicted octanol–water partition coefficient (Wildman–Crippen LogP) is 3.74. The minimum atomic E-state index is -0.526. The third-order valence-corrected chi connectivity index (χ3v) is 2.71. The summed E-state index contributed by atoms with van der Waals surface area (Å²) in [6.07, 6.45) is 4.06. The van der Waals surface area contributed by atoms with Gasteiger partial charge in [0.05, 0.1) is 11.2 Å². The van der Waals surface area contributed by atoms with E-state index >= 15 is 0 Å². The van der Waals surface area contributed by atoms with Crippen molar-refractivity contribution < 1.29 is 14.1 Å². The van der Waals surface area contributed by atoms with E-state index in [1.165, 1.54) is 42.7 Å². The van der Waals surface area contributed by atoms with Crippen molar-refractivity contribution in [2.75, 3.05) is 0 Å². The summed E-state index contributed by atoms with van der Waals surface area (Å²) in [4.78, 5) is 21.8. The van der Waals surface area contributed by atoms with E-state index in [-0.39, 0.29) is 17.2 Å². The van der Waals surface area contributed by atoms with Crippen LogP contribution < -0.4 is 0 Å². The maximum atomic E-state index is 11.7. The molecule has 2 rings (SSSR count). The number of nitro benzene ring substituents is 1. The zero-order valence-corrected chi connectivity index (χ0v) is 10.3. The maximum absolute atomic E-state index is 11.7. The average Bonchev–Trinajstić information content (AvgIpc) is 2.91. The van der Waals surface area contributed by atoms with E-state index in [1.807, 2.05) is 0 Å². The van der Waals surface area contributed by atoms with Crippen molar-refractivity contribution in [2.45, 2.75) is 0 Å². The Balaban J connectivity index is 2.25. The first-order chi connectivity index (χ1) is 9.08. The molecule has 0 radical (unpaired) electrons. The molecule has 0 unspecified atom stereocenters. The molecule has 96 valence electrons. The molecule has 1 aromatic carbocycles. The highest BCUT2D eigenvalue weighted by molar-refractivity contribution is 6.32. The van der Waals surface area contributed by atoms with Crippen molar-refractivity contribution in [3.63, 3.8) is 0 Å². The molecule has 0 aliphatic rings. The van der Waals surface area contributed by atoms with Crippen LogP contribution in [0.25, 0.3) is 6.08 Å². The molecule has 0 aliphatic heterocycles. The van der Waals surface area contributed by atoms with Gasteiger partial charge in [0, 0.05) is 17.2 Å². The third kappa shape index (κ3) is 3.08. The number of rotatable bonds is 4. The summed E-state index contributed by atoms with van der Waals surface area (Å²) in [7, 11) is 0. The highest BCUT2D eigenvalue weighted by Gasteiger charge is 2.09. The molecular weight excluding hydrogens is 270 g/mol. The second-order valence-electron chi connectivity index (χ2n) is 3.64. The van der Waals surface area contributed by atoms with Gasteiger partial charge in [0.25, 0.3) is 5.69 Å². The number of halogens is 1. The topological polar surface area (TPSA) is 73.3 Å². The van der Waals surface area contributed by atoms with Gasteiger partial charge in [-0.25, -0.2) is 0 Å². The van der Waals surface area contributed by atoms with Crippen LogP contribution >= 0.6 is 11.6 Å². The van der Waals surface area contributed by atoms with Crippen LogP contribution in [0, 0.1) is 10.1 Å². The number of carbonyl (C=O) groups is 1. The van der Waals surface area contributed by atoms with Crippen molar-refractivity contribution in [3.8, 4) is 0 Å². The molecule has 0 saturated heterocycles. The summed E-state index contributed by atoms with van der Waals surface area (Å²) in [6.45, 7) is 0. The summed E-state index contributed by atoms with van der Waals surface area (Å²) in [5.74, 6) is -0.148. The second-order valence-corrected chi connectivity index (χ2v) is 4.05. The van der Waals surface area contributed by atoms with E-state index in [2.05, 4.69) is 0 Å². The Hall–Kier alpha value is -2.40. The molecule has 0 bridgehead atoms. The van der Waals surface area contributed by atoms with Crippen LogP contribution in [-0.4, -0.2) is 10.7 Å². The third-order valence-electron chi connectivity index (χ3n) is 2.37. The lowest BCUT2D eigenvalue weighted by molar-refractivity contribution is -0.384. The Morgan fingerprint density at radius 2 is 2.16 bits per heavy atom. The van der Waals surface area contributed by atoms with Gasteiger partial charge in [-0.15, -0.1) is 0 Å². The minimum absolute atomic E-state index is 0.0884. The molecule has 0 spiro atoms. The van der Waals surface area contributed by atoms with Crippen LogP contribution in [0.2, 0.25) is 5.02 Å². The number of carbonyl (C=O) groups excluding carboxylic acids is 1. The zero-order chi connectivity index (χ0) is 13.8. The number of hydrogen-bond acceptors (Lipinski definition) is 4. The molecule has 0 fully saturated rings. The van der Waals surface area contributed by atoms with Gasteiger partial charge in [-0.1, -0.05) is 11.6 Å². The lowest BCUT2D eigenvalue weighted by atomic mass is 10.1. The maximum Gasteiger partial charge on any atom is 0.270 e. The van der Waals surface area contributed by atoms with Crippen LogP contribution in [0.5, 0.6) is 0 Å². The Morgan fingerprint density at radius 3 is 2.79 bits per heavy atom. The molecule has 6 heteroatoms. The smallest absolute Gasteiger partial charge is 0.270 e. The number of benzene rings is 1. The molecule has 19 heavy (non-hydrogen) atoms. The fraction of sp³-hybridized carbons (Fsp3) is 0. The molecule has 1 heterocycles. The largest absolute Gasteiger partial charge is 0.461 e. The second kappa shape index (κ2) is 5.49. The van der Waals surface area contributed by atoms with Crippen LogP contribution in [0.4, 0.5) is 5.69 Å². The Kier molecular flexibility index (Phi) is 3.77. The van der Waals surface area contributed by atoms with Gasteiger partial charge in [0.15, 0.2) is 5.76 Å². The van der Waals surface area contributed by atoms with Gasteiger partial charge in [-0.2, -0.15) is 0 Å². The standard InChI is InChI=1S/C13H8ClNO4/c14-11-5-4-10(15(17)18)8-9(11)3-6-12(16)13-2-1-7-19-13/h1-8H. The van der Waals surface area contributed by atoms with Crippen LogP contribution in [-0.2, 0) is 0 Å². The van der Waals surface area contributed by atoms with E-state index in [0.29, 0.717) is 10.6 Å². The van der Waals surface area contributed by atoms with E-state index in [1.54, 1.807) is 6.07 Å². The molecule has 0 saturated carbocycles. The lowest BCUT2D eigenvalue weighted by Crippen LogP contribution is -1.91. The Labute approximate surface area is 113 Å². The van der Waals surface area contributed by atoms with Crippen molar-refractivity contribution >= 4 is 29.1 Å². The number of non-ortho nitro benzene ring substituents is 1. The summed E-state index contributed by atoms with van der Waals surface area (Å²) in [5, 5.41) is 11.0. The summed E-state index contributed by atoms with van der Waals surface area (Å²) in [6, 6.07) is 7.14. The highest BCUT2D eigenvalue weighted by atomic mass is 35.5. The molecule has 5 nitrogen and oxygen atoms in total. The molecular formula is C13H8ClNO4. The number of ketones is 1. The monoisotopic (exact) mass is 277 g/mol. The van der Waals surface area contributed by atoms with Crippen molar-refractivity contribution in [1.29, 1.82) is 0 Å². The van der Waals surface area contributed by atoms with Gasteiger partial charge < -0.3 is 4.42 Å². The van der Waals surface area contributed by atoms with Crippen molar-refractivity contribution in [2.24, 2.45) is 0 Å². The number of nitrogens with zero attached hydrogens (tertiary/aromatic N) is 1. The molecule has 0 aliphatic carbocycles. The van der Waals surface area contributed by atoms with E-state index in [4.69, 9.17) is 16.0 Å². The van der Waals surface area contributed by atoms with Gasteiger partial charge in [-0.3, -0.25) is 14.9 Å². The normalized spacial score (nSPS) is 10.8. The number of nitro groups is 1.